The minimum Gasteiger partial charge on any atom is -0.444 e. The highest BCUT2D eigenvalue weighted by atomic mass is 16.6. The van der Waals surface area contributed by atoms with Crippen LogP contribution < -0.4 is 10.6 Å². The van der Waals surface area contributed by atoms with E-state index >= 15 is 0 Å². The highest BCUT2D eigenvalue weighted by Gasteiger charge is 2.32. The van der Waals surface area contributed by atoms with Crippen LogP contribution in [0.3, 0.4) is 0 Å². The van der Waals surface area contributed by atoms with Crippen molar-refractivity contribution in [3.8, 4) is 6.07 Å². The molecule has 0 spiro atoms. The van der Waals surface area contributed by atoms with E-state index in [0.29, 0.717) is 18.9 Å². The summed E-state index contributed by atoms with van der Waals surface area (Å²) < 4.78 is 5.27. The molecule has 0 aromatic rings. The molecule has 2 N–H and O–H groups in total. The summed E-state index contributed by atoms with van der Waals surface area (Å²) in [6.07, 6.45) is 3.54. The SMILES string of the molecule is CC(C)(CCC#N)CNC(CNC(=O)OC(C)(C)C)C1CC1. The first-order valence-corrected chi connectivity index (χ1v) is 8.20. The Labute approximate surface area is 134 Å². The molecule has 1 unspecified atom stereocenters. The fraction of sp³-hybridized carbons (Fsp3) is 0.882. The van der Waals surface area contributed by atoms with Crippen molar-refractivity contribution in [1.82, 2.24) is 10.6 Å². The molecule has 0 bridgehead atoms. The van der Waals surface area contributed by atoms with Crippen molar-refractivity contribution in [2.24, 2.45) is 11.3 Å². The summed E-state index contributed by atoms with van der Waals surface area (Å²) >= 11 is 0. The maximum atomic E-state index is 11.8. The molecule has 5 heteroatoms. The van der Waals surface area contributed by atoms with Gasteiger partial charge in [-0.05, 0) is 51.4 Å². The maximum absolute atomic E-state index is 11.8. The lowest BCUT2D eigenvalue weighted by atomic mass is 9.87. The predicted molar refractivity (Wildman–Crippen MR) is 87.4 cm³/mol. The van der Waals surface area contributed by atoms with Gasteiger partial charge in [-0.3, -0.25) is 0 Å². The van der Waals surface area contributed by atoms with Gasteiger partial charge in [0.15, 0.2) is 0 Å². The van der Waals surface area contributed by atoms with Gasteiger partial charge in [-0.1, -0.05) is 13.8 Å². The van der Waals surface area contributed by atoms with Gasteiger partial charge in [-0.2, -0.15) is 5.26 Å². The van der Waals surface area contributed by atoms with Crippen molar-refractivity contribution in [1.29, 1.82) is 5.26 Å². The number of carbonyl (C=O) groups is 1. The van der Waals surface area contributed by atoms with Gasteiger partial charge in [0.25, 0.3) is 0 Å². The number of nitrogens with one attached hydrogen (secondary N) is 2. The third-order valence-corrected chi connectivity index (χ3v) is 3.81. The minimum absolute atomic E-state index is 0.0921. The van der Waals surface area contributed by atoms with Gasteiger partial charge < -0.3 is 15.4 Å². The van der Waals surface area contributed by atoms with Crippen LogP contribution >= 0.6 is 0 Å². The van der Waals surface area contributed by atoms with Crippen molar-refractivity contribution < 1.29 is 9.53 Å². The average Bonchev–Trinajstić information content (AvgIpc) is 3.18. The van der Waals surface area contributed by atoms with Crippen molar-refractivity contribution in [2.45, 2.75) is 71.9 Å². The highest BCUT2D eigenvalue weighted by molar-refractivity contribution is 5.67. The molecule has 0 heterocycles. The number of nitrogens with zero attached hydrogens (tertiary/aromatic N) is 1. The number of hydrogen-bond acceptors (Lipinski definition) is 4. The van der Waals surface area contributed by atoms with Gasteiger partial charge in [0, 0.05) is 25.6 Å². The zero-order valence-electron chi connectivity index (χ0n) is 14.7. The van der Waals surface area contributed by atoms with E-state index in [4.69, 9.17) is 10.00 Å². The molecule has 1 fully saturated rings. The van der Waals surface area contributed by atoms with E-state index in [0.717, 1.165) is 13.0 Å². The molecule has 1 saturated carbocycles. The summed E-state index contributed by atoms with van der Waals surface area (Å²) in [4.78, 5) is 11.8. The molecule has 1 amide bonds. The first kappa shape index (κ1) is 18.8. The Kier molecular flexibility index (Phi) is 6.67. The Morgan fingerprint density at radius 1 is 1.32 bits per heavy atom. The summed E-state index contributed by atoms with van der Waals surface area (Å²) in [6, 6.07) is 2.49. The lowest BCUT2D eigenvalue weighted by Crippen LogP contribution is -2.46. The number of ether oxygens (including phenoxy) is 1. The van der Waals surface area contributed by atoms with E-state index in [-0.39, 0.29) is 17.6 Å². The number of carbonyl (C=O) groups excluding carboxylic acids is 1. The minimum atomic E-state index is -0.466. The molecule has 1 aliphatic carbocycles. The van der Waals surface area contributed by atoms with Crippen molar-refractivity contribution in [2.75, 3.05) is 13.1 Å². The smallest absolute Gasteiger partial charge is 0.407 e. The molecule has 126 valence electrons. The second-order valence-electron chi connectivity index (χ2n) is 8.03. The van der Waals surface area contributed by atoms with Crippen LogP contribution in [0.5, 0.6) is 0 Å². The fourth-order valence-corrected chi connectivity index (χ4v) is 2.30. The Morgan fingerprint density at radius 2 is 1.95 bits per heavy atom. The number of nitriles is 1. The van der Waals surface area contributed by atoms with Gasteiger partial charge in [0.2, 0.25) is 0 Å². The lowest BCUT2D eigenvalue weighted by Gasteiger charge is -2.28. The van der Waals surface area contributed by atoms with Crippen LogP contribution in [0.2, 0.25) is 0 Å². The Balaban J connectivity index is 2.37. The van der Waals surface area contributed by atoms with E-state index in [1.807, 2.05) is 20.8 Å². The molecule has 1 atom stereocenters. The standard InChI is InChI=1S/C17H31N3O2/c1-16(2,3)22-15(21)19-11-14(13-7-8-13)20-12-17(4,5)9-6-10-18/h13-14,20H,6-9,11-12H2,1-5H3,(H,19,21). The van der Waals surface area contributed by atoms with Crippen LogP contribution in [-0.2, 0) is 4.74 Å². The summed E-state index contributed by atoms with van der Waals surface area (Å²) in [7, 11) is 0. The van der Waals surface area contributed by atoms with Gasteiger partial charge >= 0.3 is 6.09 Å². The second kappa shape index (κ2) is 7.82. The van der Waals surface area contributed by atoms with Gasteiger partial charge in [-0.25, -0.2) is 4.79 Å². The third-order valence-electron chi connectivity index (χ3n) is 3.81. The summed E-state index contributed by atoms with van der Waals surface area (Å²) in [5, 5.41) is 15.1. The van der Waals surface area contributed by atoms with Crippen LogP contribution in [0.1, 0.15) is 60.3 Å². The van der Waals surface area contributed by atoms with E-state index in [1.54, 1.807) is 0 Å². The van der Waals surface area contributed by atoms with E-state index < -0.39 is 5.60 Å². The molecule has 0 aromatic heterocycles. The topological polar surface area (TPSA) is 74.2 Å². The van der Waals surface area contributed by atoms with Gasteiger partial charge in [0.05, 0.1) is 6.07 Å². The van der Waals surface area contributed by atoms with Crippen LogP contribution in [-0.4, -0.2) is 30.8 Å². The number of alkyl carbamates (subject to hydrolysis) is 1. The normalized spacial score (nSPS) is 16.7. The Bertz CT molecular complexity index is 403. The number of hydrogen-bond donors (Lipinski definition) is 2. The molecule has 1 aliphatic rings. The third kappa shape index (κ3) is 8.23. The molecule has 22 heavy (non-hydrogen) atoms. The molecule has 0 aliphatic heterocycles. The van der Waals surface area contributed by atoms with Crippen LogP contribution in [0, 0.1) is 22.7 Å². The van der Waals surface area contributed by atoms with Crippen LogP contribution in [0.15, 0.2) is 0 Å². The first-order valence-electron chi connectivity index (χ1n) is 8.20. The van der Waals surface area contributed by atoms with Crippen molar-refractivity contribution >= 4 is 6.09 Å². The maximum Gasteiger partial charge on any atom is 0.407 e. The van der Waals surface area contributed by atoms with Crippen LogP contribution in [0.25, 0.3) is 0 Å². The molecular formula is C17H31N3O2. The van der Waals surface area contributed by atoms with E-state index in [9.17, 15) is 4.79 Å². The Morgan fingerprint density at radius 3 is 2.45 bits per heavy atom. The first-order chi connectivity index (χ1) is 10.1. The molecule has 1 rings (SSSR count). The summed E-state index contributed by atoms with van der Waals surface area (Å²) in [5.74, 6) is 0.640. The molecule has 0 saturated heterocycles. The fourth-order valence-electron chi connectivity index (χ4n) is 2.30. The molecule has 0 aromatic carbocycles. The summed E-state index contributed by atoms with van der Waals surface area (Å²) in [6.45, 7) is 11.4. The highest BCUT2D eigenvalue weighted by Crippen LogP contribution is 2.33. The van der Waals surface area contributed by atoms with E-state index in [2.05, 4.69) is 30.6 Å². The van der Waals surface area contributed by atoms with Gasteiger partial charge in [-0.15, -0.1) is 0 Å². The Hall–Kier alpha value is -1.28. The lowest BCUT2D eigenvalue weighted by molar-refractivity contribution is 0.0520. The predicted octanol–water partition coefficient (Wildman–Crippen LogP) is 3.21. The quantitative estimate of drug-likeness (QED) is 0.722. The average molecular weight is 309 g/mol. The largest absolute Gasteiger partial charge is 0.444 e. The molecule has 0 radical (unpaired) electrons. The van der Waals surface area contributed by atoms with Crippen molar-refractivity contribution in [3.63, 3.8) is 0 Å². The molecule has 5 nitrogen and oxygen atoms in total. The van der Waals surface area contributed by atoms with Crippen LogP contribution in [0.4, 0.5) is 4.79 Å². The zero-order chi connectivity index (χ0) is 16.8. The number of rotatable bonds is 8. The zero-order valence-corrected chi connectivity index (χ0v) is 14.7. The van der Waals surface area contributed by atoms with E-state index in [1.165, 1.54) is 12.8 Å². The van der Waals surface area contributed by atoms with Gasteiger partial charge in [0.1, 0.15) is 5.60 Å². The van der Waals surface area contributed by atoms with Crippen molar-refractivity contribution in [3.05, 3.63) is 0 Å². The second-order valence-corrected chi connectivity index (χ2v) is 8.03. The summed E-state index contributed by atoms with van der Waals surface area (Å²) in [5.41, 5.74) is -0.374. The number of amides is 1. The molecular weight excluding hydrogens is 278 g/mol. The monoisotopic (exact) mass is 309 g/mol.